The molecule has 1 fully saturated rings. The molecule has 2 aromatic rings. The number of nitrogens with zero attached hydrogens (tertiary/aromatic N) is 2. The van der Waals surface area contributed by atoms with Crippen molar-refractivity contribution in [3.8, 4) is 0 Å². The molecule has 1 aromatic carbocycles. The molecule has 0 atom stereocenters. The van der Waals surface area contributed by atoms with Crippen LogP contribution in [-0.4, -0.2) is 9.55 Å². The zero-order valence-corrected chi connectivity index (χ0v) is 11.3. The van der Waals surface area contributed by atoms with Gasteiger partial charge in [0, 0.05) is 12.1 Å². The Balaban J connectivity index is 2.31. The summed E-state index contributed by atoms with van der Waals surface area (Å²) in [6.07, 6.45) is 2.28. The summed E-state index contributed by atoms with van der Waals surface area (Å²) < 4.78 is 16.2. The van der Waals surface area contributed by atoms with Gasteiger partial charge in [-0.1, -0.05) is 0 Å². The topological polar surface area (TPSA) is 17.8 Å². The van der Waals surface area contributed by atoms with E-state index in [1.54, 1.807) is 12.1 Å². The first kappa shape index (κ1) is 10.8. The molecule has 1 heterocycles. The standard InChI is InChI=1S/C11H9ClFIN2/c12-5-11-15-9-4-8(14)7(13)3-10(9)16(11)6-1-2-6/h3-4,6H,1-2,5H2. The van der Waals surface area contributed by atoms with Crippen LogP contribution in [0.25, 0.3) is 11.0 Å². The maximum atomic E-state index is 13.5. The van der Waals surface area contributed by atoms with E-state index in [2.05, 4.69) is 9.55 Å². The van der Waals surface area contributed by atoms with E-state index in [0.717, 1.165) is 29.7 Å². The second-order valence-corrected chi connectivity index (χ2v) is 5.45. The van der Waals surface area contributed by atoms with Gasteiger partial charge in [-0.05, 0) is 41.5 Å². The van der Waals surface area contributed by atoms with Gasteiger partial charge >= 0.3 is 0 Å². The van der Waals surface area contributed by atoms with E-state index in [1.165, 1.54) is 0 Å². The van der Waals surface area contributed by atoms with Gasteiger partial charge in [0.1, 0.15) is 11.6 Å². The molecule has 1 aromatic heterocycles. The molecule has 84 valence electrons. The van der Waals surface area contributed by atoms with E-state index in [0.29, 0.717) is 15.5 Å². The van der Waals surface area contributed by atoms with Crippen molar-refractivity contribution < 1.29 is 4.39 Å². The van der Waals surface area contributed by atoms with Crippen molar-refractivity contribution >= 4 is 45.2 Å². The summed E-state index contributed by atoms with van der Waals surface area (Å²) in [7, 11) is 0. The number of halogens is 3. The maximum absolute atomic E-state index is 13.5. The van der Waals surface area contributed by atoms with Gasteiger partial charge in [-0.25, -0.2) is 9.37 Å². The smallest absolute Gasteiger partial charge is 0.138 e. The lowest BCUT2D eigenvalue weighted by Gasteiger charge is -2.05. The highest BCUT2D eigenvalue weighted by Gasteiger charge is 2.28. The Morgan fingerprint density at radius 2 is 2.25 bits per heavy atom. The van der Waals surface area contributed by atoms with Crippen LogP contribution in [0.1, 0.15) is 24.7 Å². The molecule has 1 saturated carbocycles. The molecule has 0 amide bonds. The monoisotopic (exact) mass is 350 g/mol. The molecular formula is C11H9ClFIN2. The van der Waals surface area contributed by atoms with Gasteiger partial charge in [0.05, 0.1) is 20.5 Å². The minimum Gasteiger partial charge on any atom is -0.324 e. The SMILES string of the molecule is Fc1cc2c(cc1I)nc(CCl)n2C1CC1. The van der Waals surface area contributed by atoms with Crippen molar-refractivity contribution in [2.24, 2.45) is 0 Å². The molecule has 0 unspecified atom stereocenters. The van der Waals surface area contributed by atoms with Crippen LogP contribution in [0.5, 0.6) is 0 Å². The van der Waals surface area contributed by atoms with E-state index in [4.69, 9.17) is 11.6 Å². The number of hydrogen-bond donors (Lipinski definition) is 0. The van der Waals surface area contributed by atoms with Crippen LogP contribution >= 0.6 is 34.2 Å². The molecule has 2 nitrogen and oxygen atoms in total. The molecule has 1 aliphatic rings. The first-order chi connectivity index (χ1) is 7.70. The second kappa shape index (κ2) is 3.84. The third-order valence-electron chi connectivity index (χ3n) is 2.84. The number of hydrogen-bond acceptors (Lipinski definition) is 1. The number of alkyl halides is 1. The van der Waals surface area contributed by atoms with Gasteiger partial charge in [-0.3, -0.25) is 0 Å². The van der Waals surface area contributed by atoms with Crippen LogP contribution in [0, 0.1) is 9.39 Å². The van der Waals surface area contributed by atoms with Crippen LogP contribution in [0.2, 0.25) is 0 Å². The van der Waals surface area contributed by atoms with Crippen LogP contribution in [0.3, 0.4) is 0 Å². The number of benzene rings is 1. The van der Waals surface area contributed by atoms with E-state index in [-0.39, 0.29) is 5.82 Å². The molecule has 0 bridgehead atoms. The predicted molar refractivity (Wildman–Crippen MR) is 70.2 cm³/mol. The molecule has 0 N–H and O–H groups in total. The third kappa shape index (κ3) is 1.62. The van der Waals surface area contributed by atoms with Crippen LogP contribution in [0.15, 0.2) is 12.1 Å². The van der Waals surface area contributed by atoms with Crippen molar-refractivity contribution in [3.05, 3.63) is 27.3 Å². The predicted octanol–water partition coefficient (Wildman–Crippen LogP) is 3.85. The minimum absolute atomic E-state index is 0.184. The third-order valence-corrected chi connectivity index (χ3v) is 3.90. The molecule has 0 spiro atoms. The van der Waals surface area contributed by atoms with Gasteiger partial charge in [0.25, 0.3) is 0 Å². The van der Waals surface area contributed by atoms with Crippen molar-refractivity contribution in [2.45, 2.75) is 24.8 Å². The zero-order valence-electron chi connectivity index (χ0n) is 8.38. The largest absolute Gasteiger partial charge is 0.324 e. The van der Waals surface area contributed by atoms with Gasteiger partial charge in [0.2, 0.25) is 0 Å². The zero-order chi connectivity index (χ0) is 11.3. The Hall–Kier alpha value is -0.360. The highest BCUT2D eigenvalue weighted by molar-refractivity contribution is 14.1. The van der Waals surface area contributed by atoms with Crippen molar-refractivity contribution in [3.63, 3.8) is 0 Å². The summed E-state index contributed by atoms with van der Waals surface area (Å²) in [6.45, 7) is 0. The summed E-state index contributed by atoms with van der Waals surface area (Å²) in [4.78, 5) is 4.45. The van der Waals surface area contributed by atoms with Crippen molar-refractivity contribution in [1.82, 2.24) is 9.55 Å². The lowest BCUT2D eigenvalue weighted by atomic mass is 10.3. The summed E-state index contributed by atoms with van der Waals surface area (Å²) in [6, 6.07) is 3.82. The Morgan fingerprint density at radius 3 is 2.88 bits per heavy atom. The lowest BCUT2D eigenvalue weighted by Crippen LogP contribution is -1.99. The average molecular weight is 351 g/mol. The van der Waals surface area contributed by atoms with Crippen LogP contribution in [-0.2, 0) is 5.88 Å². The second-order valence-electron chi connectivity index (χ2n) is 4.02. The number of fused-ring (bicyclic) bond motifs is 1. The number of imidazole rings is 1. The molecule has 0 aliphatic heterocycles. The Kier molecular flexibility index (Phi) is 2.58. The molecule has 1 aliphatic carbocycles. The fourth-order valence-electron chi connectivity index (χ4n) is 1.97. The number of aromatic nitrogens is 2. The summed E-state index contributed by atoms with van der Waals surface area (Å²) in [5.41, 5.74) is 1.71. The first-order valence-electron chi connectivity index (χ1n) is 5.12. The maximum Gasteiger partial charge on any atom is 0.138 e. The summed E-state index contributed by atoms with van der Waals surface area (Å²) in [5.74, 6) is 1.04. The fraction of sp³-hybridized carbons (Fsp3) is 0.364. The normalized spacial score (nSPS) is 15.9. The van der Waals surface area contributed by atoms with Gasteiger partial charge in [-0.15, -0.1) is 11.6 Å². The van der Waals surface area contributed by atoms with Gasteiger partial charge in [-0.2, -0.15) is 0 Å². The lowest BCUT2D eigenvalue weighted by molar-refractivity contribution is 0.620. The van der Waals surface area contributed by atoms with Gasteiger partial charge in [0.15, 0.2) is 0 Å². The molecular weight excluding hydrogens is 341 g/mol. The first-order valence-corrected chi connectivity index (χ1v) is 6.74. The fourth-order valence-corrected chi connectivity index (χ4v) is 2.61. The Labute approximate surface area is 111 Å². The Bertz CT molecular complexity index is 563. The molecule has 0 radical (unpaired) electrons. The van der Waals surface area contributed by atoms with Crippen molar-refractivity contribution in [2.75, 3.05) is 0 Å². The molecule has 5 heteroatoms. The van der Waals surface area contributed by atoms with E-state index in [9.17, 15) is 4.39 Å². The Morgan fingerprint density at radius 1 is 1.50 bits per heavy atom. The summed E-state index contributed by atoms with van der Waals surface area (Å²) in [5, 5.41) is 0. The average Bonchev–Trinajstić information content (AvgIpc) is 3.03. The van der Waals surface area contributed by atoms with Crippen molar-refractivity contribution in [1.29, 1.82) is 0 Å². The van der Waals surface area contributed by atoms with E-state index >= 15 is 0 Å². The number of rotatable bonds is 2. The quantitative estimate of drug-likeness (QED) is 0.594. The minimum atomic E-state index is -0.184. The van der Waals surface area contributed by atoms with E-state index in [1.807, 2.05) is 22.6 Å². The molecule has 16 heavy (non-hydrogen) atoms. The highest BCUT2D eigenvalue weighted by atomic mass is 127. The van der Waals surface area contributed by atoms with Gasteiger partial charge < -0.3 is 4.57 Å². The van der Waals surface area contributed by atoms with Crippen LogP contribution < -0.4 is 0 Å². The van der Waals surface area contributed by atoms with E-state index < -0.39 is 0 Å². The highest BCUT2D eigenvalue weighted by Crippen LogP contribution is 2.39. The molecule has 3 rings (SSSR count). The van der Waals surface area contributed by atoms with Crippen LogP contribution in [0.4, 0.5) is 4.39 Å². The summed E-state index contributed by atoms with van der Waals surface area (Å²) >= 11 is 7.86. The molecule has 0 saturated heterocycles.